The van der Waals surface area contributed by atoms with Gasteiger partial charge in [0.25, 0.3) is 5.91 Å². The molecule has 1 aliphatic rings. The second-order valence-corrected chi connectivity index (χ2v) is 8.21. The number of carbonyl (C=O) groups excluding carboxylic acids is 2. The minimum Gasteiger partial charge on any atom is -0.366 e. The van der Waals surface area contributed by atoms with Gasteiger partial charge in [-0.15, -0.1) is 11.6 Å². The van der Waals surface area contributed by atoms with Crippen molar-refractivity contribution in [3.63, 3.8) is 0 Å². The van der Waals surface area contributed by atoms with Crippen molar-refractivity contribution in [3.8, 4) is 0 Å². The molecule has 29 heavy (non-hydrogen) atoms. The van der Waals surface area contributed by atoms with Crippen LogP contribution in [0.3, 0.4) is 0 Å². The van der Waals surface area contributed by atoms with Gasteiger partial charge in [0.05, 0.1) is 5.56 Å². The van der Waals surface area contributed by atoms with E-state index in [1.807, 2.05) is 32.0 Å². The number of nitrogens with zero attached hydrogens (tertiary/aromatic N) is 1. The van der Waals surface area contributed by atoms with Crippen molar-refractivity contribution in [1.29, 1.82) is 0 Å². The number of carbonyl (C=O) groups is 2. The highest BCUT2D eigenvalue weighted by Crippen LogP contribution is 2.30. The predicted molar refractivity (Wildman–Crippen MR) is 119 cm³/mol. The molecule has 0 unspecified atom stereocenters. The molecule has 3 rings (SSSR count). The van der Waals surface area contributed by atoms with E-state index >= 15 is 0 Å². The number of fused-ring (bicyclic) bond motifs is 1. The standard InChI is InChI=1S/C23H28ClN3O2/c1-4-15(2)25-23(29)20-13-19(26-22(28)16(3)24)9-10-21(20)27-12-11-17-7-5-6-8-18(17)14-27/h5-10,13,15-16H,4,11-12,14H2,1-3H3,(H,25,29)(H,26,28)/t15-,16-/m1/s1. The van der Waals surface area contributed by atoms with Crippen LogP contribution >= 0.6 is 11.6 Å². The lowest BCUT2D eigenvalue weighted by Crippen LogP contribution is -2.36. The maximum Gasteiger partial charge on any atom is 0.253 e. The molecule has 0 aromatic heterocycles. The molecule has 0 spiro atoms. The molecule has 0 fully saturated rings. The highest BCUT2D eigenvalue weighted by atomic mass is 35.5. The van der Waals surface area contributed by atoms with Crippen LogP contribution in [0, 0.1) is 0 Å². The number of rotatable bonds is 6. The highest BCUT2D eigenvalue weighted by molar-refractivity contribution is 6.32. The summed E-state index contributed by atoms with van der Waals surface area (Å²) >= 11 is 5.87. The summed E-state index contributed by atoms with van der Waals surface area (Å²) in [6, 6.07) is 14.0. The van der Waals surface area contributed by atoms with Gasteiger partial charge in [0.15, 0.2) is 0 Å². The van der Waals surface area contributed by atoms with E-state index in [9.17, 15) is 9.59 Å². The summed E-state index contributed by atoms with van der Waals surface area (Å²) in [7, 11) is 0. The lowest BCUT2D eigenvalue weighted by atomic mass is 9.98. The molecular formula is C23H28ClN3O2. The highest BCUT2D eigenvalue weighted by Gasteiger charge is 2.23. The summed E-state index contributed by atoms with van der Waals surface area (Å²) in [5.74, 6) is -0.428. The molecule has 2 aromatic carbocycles. The normalized spacial score (nSPS) is 15.2. The van der Waals surface area contributed by atoms with Crippen molar-refractivity contribution in [2.24, 2.45) is 0 Å². The second-order valence-electron chi connectivity index (χ2n) is 7.56. The first-order valence-electron chi connectivity index (χ1n) is 10.1. The number of benzene rings is 2. The largest absolute Gasteiger partial charge is 0.366 e. The van der Waals surface area contributed by atoms with Crippen LogP contribution in [0.4, 0.5) is 11.4 Å². The molecule has 0 bridgehead atoms. The van der Waals surface area contributed by atoms with E-state index in [2.05, 4.69) is 33.7 Å². The molecule has 1 heterocycles. The number of hydrogen-bond donors (Lipinski definition) is 2. The molecule has 0 saturated heterocycles. The average Bonchev–Trinajstić information content (AvgIpc) is 2.73. The molecule has 2 aromatic rings. The molecule has 0 aliphatic carbocycles. The number of amides is 2. The van der Waals surface area contributed by atoms with Crippen LogP contribution in [-0.4, -0.2) is 29.8 Å². The first-order chi connectivity index (χ1) is 13.9. The van der Waals surface area contributed by atoms with Crippen molar-refractivity contribution in [2.45, 2.75) is 51.6 Å². The maximum absolute atomic E-state index is 13.0. The van der Waals surface area contributed by atoms with Crippen LogP contribution in [-0.2, 0) is 17.8 Å². The first kappa shape index (κ1) is 21.2. The van der Waals surface area contributed by atoms with E-state index in [4.69, 9.17) is 11.6 Å². The molecule has 154 valence electrons. The number of nitrogens with one attached hydrogen (secondary N) is 2. The van der Waals surface area contributed by atoms with Crippen molar-refractivity contribution in [2.75, 3.05) is 16.8 Å². The van der Waals surface area contributed by atoms with Crippen molar-refractivity contribution in [3.05, 3.63) is 59.2 Å². The third-order valence-electron chi connectivity index (χ3n) is 5.33. The summed E-state index contributed by atoms with van der Waals surface area (Å²) in [5.41, 5.74) is 4.63. The number of halogens is 1. The van der Waals surface area contributed by atoms with Gasteiger partial charge in [-0.05, 0) is 56.0 Å². The van der Waals surface area contributed by atoms with E-state index in [0.29, 0.717) is 11.3 Å². The monoisotopic (exact) mass is 413 g/mol. The van der Waals surface area contributed by atoms with Crippen LogP contribution in [0.25, 0.3) is 0 Å². The van der Waals surface area contributed by atoms with Crippen LogP contribution in [0.1, 0.15) is 48.7 Å². The topological polar surface area (TPSA) is 61.4 Å². The average molecular weight is 414 g/mol. The van der Waals surface area contributed by atoms with E-state index in [1.165, 1.54) is 11.1 Å². The van der Waals surface area contributed by atoms with Gasteiger partial charge in [0, 0.05) is 30.5 Å². The van der Waals surface area contributed by atoms with Crippen LogP contribution < -0.4 is 15.5 Å². The fraction of sp³-hybridized carbons (Fsp3) is 0.391. The van der Waals surface area contributed by atoms with Gasteiger partial charge in [-0.25, -0.2) is 0 Å². The quantitative estimate of drug-likeness (QED) is 0.692. The predicted octanol–water partition coefficient (Wildman–Crippen LogP) is 4.34. The summed E-state index contributed by atoms with van der Waals surface area (Å²) in [6.45, 7) is 7.23. The van der Waals surface area contributed by atoms with Gasteiger partial charge in [-0.2, -0.15) is 0 Å². The summed E-state index contributed by atoms with van der Waals surface area (Å²) in [5, 5.41) is 5.18. The summed E-state index contributed by atoms with van der Waals surface area (Å²) in [4.78, 5) is 27.2. The molecule has 2 N–H and O–H groups in total. The van der Waals surface area contributed by atoms with E-state index < -0.39 is 5.38 Å². The lowest BCUT2D eigenvalue weighted by molar-refractivity contribution is -0.115. The molecular weight excluding hydrogens is 386 g/mol. The Labute approximate surface area is 177 Å². The Morgan fingerprint density at radius 2 is 1.86 bits per heavy atom. The van der Waals surface area contributed by atoms with E-state index in [1.54, 1.807) is 13.0 Å². The van der Waals surface area contributed by atoms with E-state index in [0.717, 1.165) is 31.6 Å². The van der Waals surface area contributed by atoms with Gasteiger partial charge in [0.1, 0.15) is 5.38 Å². The van der Waals surface area contributed by atoms with Crippen LogP contribution in [0.15, 0.2) is 42.5 Å². The van der Waals surface area contributed by atoms with Crippen molar-refractivity contribution in [1.82, 2.24) is 5.32 Å². The first-order valence-corrected chi connectivity index (χ1v) is 10.5. The molecule has 2 amide bonds. The zero-order valence-electron chi connectivity index (χ0n) is 17.2. The van der Waals surface area contributed by atoms with Crippen molar-refractivity contribution < 1.29 is 9.59 Å². The Morgan fingerprint density at radius 1 is 1.14 bits per heavy atom. The molecule has 2 atom stereocenters. The maximum atomic E-state index is 13.0. The number of anilines is 2. The number of hydrogen-bond acceptors (Lipinski definition) is 3. The fourth-order valence-electron chi connectivity index (χ4n) is 3.42. The van der Waals surface area contributed by atoms with Crippen molar-refractivity contribution >= 4 is 34.8 Å². The Balaban J connectivity index is 1.93. The van der Waals surface area contributed by atoms with Gasteiger partial charge in [-0.3, -0.25) is 9.59 Å². The van der Waals surface area contributed by atoms with Gasteiger partial charge < -0.3 is 15.5 Å². The summed E-state index contributed by atoms with van der Waals surface area (Å²) < 4.78 is 0. The Morgan fingerprint density at radius 3 is 2.55 bits per heavy atom. The Bertz CT molecular complexity index is 897. The molecule has 0 radical (unpaired) electrons. The third kappa shape index (κ3) is 5.10. The minimum absolute atomic E-state index is 0.0681. The molecule has 0 saturated carbocycles. The van der Waals surface area contributed by atoms with E-state index in [-0.39, 0.29) is 17.9 Å². The van der Waals surface area contributed by atoms with Crippen LogP contribution in [0.5, 0.6) is 0 Å². The Hall–Kier alpha value is -2.53. The molecule has 5 nitrogen and oxygen atoms in total. The summed E-state index contributed by atoms with van der Waals surface area (Å²) in [6.07, 6.45) is 1.78. The SMILES string of the molecule is CC[C@@H](C)NC(=O)c1cc(NC(=O)[C@@H](C)Cl)ccc1N1CCc2ccccc2C1. The molecule has 1 aliphatic heterocycles. The smallest absolute Gasteiger partial charge is 0.253 e. The van der Waals surface area contributed by atoms with Crippen LogP contribution in [0.2, 0.25) is 0 Å². The zero-order valence-corrected chi connectivity index (χ0v) is 17.9. The fourth-order valence-corrected chi connectivity index (χ4v) is 3.47. The number of alkyl halides is 1. The minimum atomic E-state index is -0.648. The van der Waals surface area contributed by atoms with Gasteiger partial charge in [-0.1, -0.05) is 31.2 Å². The Kier molecular flexibility index (Phi) is 6.80. The molecule has 6 heteroatoms. The van der Waals surface area contributed by atoms with Gasteiger partial charge in [0.2, 0.25) is 5.91 Å². The third-order valence-corrected chi connectivity index (χ3v) is 5.53. The lowest BCUT2D eigenvalue weighted by Gasteiger charge is -2.32. The zero-order chi connectivity index (χ0) is 21.0. The van der Waals surface area contributed by atoms with Gasteiger partial charge >= 0.3 is 0 Å². The second kappa shape index (κ2) is 9.31.